The molecule has 1 heteroatoms. The Morgan fingerprint density at radius 3 is 1.55 bits per heavy atom. The lowest BCUT2D eigenvalue weighted by Gasteiger charge is -2.13. The van der Waals surface area contributed by atoms with Gasteiger partial charge in [-0.15, -0.1) is 0 Å². The van der Waals surface area contributed by atoms with Crippen LogP contribution >= 0.6 is 0 Å². The standard InChI is InChI=1S/C21H19N/c1-3-7-14(8-4-1)20-18-16-11-12-17(13-16)19(18)21(22-20)15-9-5-2-6-10-15/h1-10,16-17,22H,11-13H2/t16-,17+. The molecule has 3 aromatic rings. The van der Waals surface area contributed by atoms with E-state index in [1.54, 1.807) is 11.1 Å². The van der Waals surface area contributed by atoms with Crippen molar-refractivity contribution < 1.29 is 0 Å². The second-order valence-corrected chi connectivity index (χ2v) is 6.64. The second-order valence-electron chi connectivity index (χ2n) is 6.64. The molecule has 1 heterocycles. The van der Waals surface area contributed by atoms with Gasteiger partial charge >= 0.3 is 0 Å². The van der Waals surface area contributed by atoms with Crippen molar-refractivity contribution in [2.75, 3.05) is 0 Å². The summed E-state index contributed by atoms with van der Waals surface area (Å²) in [5, 5.41) is 0. The highest BCUT2D eigenvalue weighted by Gasteiger charge is 2.42. The van der Waals surface area contributed by atoms with Crippen LogP contribution in [0.15, 0.2) is 60.7 Å². The van der Waals surface area contributed by atoms with Crippen molar-refractivity contribution in [1.82, 2.24) is 4.98 Å². The Morgan fingerprint density at radius 1 is 0.636 bits per heavy atom. The molecule has 1 nitrogen and oxygen atoms in total. The maximum Gasteiger partial charge on any atom is 0.0497 e. The molecule has 1 fully saturated rings. The van der Waals surface area contributed by atoms with Gasteiger partial charge in [-0.2, -0.15) is 0 Å². The average molecular weight is 285 g/mol. The molecule has 2 aromatic carbocycles. The van der Waals surface area contributed by atoms with Crippen molar-refractivity contribution in [1.29, 1.82) is 0 Å². The lowest BCUT2D eigenvalue weighted by molar-refractivity contribution is 0.724. The number of nitrogens with one attached hydrogen (secondary N) is 1. The van der Waals surface area contributed by atoms with Gasteiger partial charge in [-0.25, -0.2) is 0 Å². The summed E-state index contributed by atoms with van der Waals surface area (Å²) in [6.07, 6.45) is 4.09. The fraction of sp³-hybridized carbons (Fsp3) is 0.238. The molecule has 0 spiro atoms. The van der Waals surface area contributed by atoms with E-state index in [1.807, 2.05) is 0 Å². The second kappa shape index (κ2) is 4.61. The van der Waals surface area contributed by atoms with Crippen molar-refractivity contribution in [3.05, 3.63) is 71.8 Å². The summed E-state index contributed by atoms with van der Waals surface area (Å²) in [5.41, 5.74) is 8.60. The molecule has 0 aliphatic heterocycles. The van der Waals surface area contributed by atoms with Crippen LogP contribution in [-0.4, -0.2) is 4.98 Å². The van der Waals surface area contributed by atoms with E-state index in [-0.39, 0.29) is 0 Å². The zero-order valence-corrected chi connectivity index (χ0v) is 12.5. The van der Waals surface area contributed by atoms with Gasteiger partial charge < -0.3 is 4.98 Å². The van der Waals surface area contributed by atoms with Gasteiger partial charge in [-0.05, 0) is 53.4 Å². The predicted octanol–water partition coefficient (Wildman–Crippen LogP) is 5.71. The molecule has 0 radical (unpaired) electrons. The molecule has 1 aromatic heterocycles. The van der Waals surface area contributed by atoms with E-state index in [4.69, 9.17) is 0 Å². The quantitative estimate of drug-likeness (QED) is 0.620. The summed E-state index contributed by atoms with van der Waals surface area (Å²) in [5.74, 6) is 1.54. The Bertz CT molecular complexity index is 746. The molecule has 2 bridgehead atoms. The maximum atomic E-state index is 3.79. The van der Waals surface area contributed by atoms with E-state index in [0.29, 0.717) is 0 Å². The van der Waals surface area contributed by atoms with E-state index in [9.17, 15) is 0 Å². The number of rotatable bonds is 2. The Hall–Kier alpha value is -2.28. The predicted molar refractivity (Wildman–Crippen MR) is 91.0 cm³/mol. The number of aromatic nitrogens is 1. The molecule has 2 aliphatic carbocycles. The Labute approximate surface area is 131 Å². The highest BCUT2D eigenvalue weighted by molar-refractivity contribution is 5.78. The fourth-order valence-corrected chi connectivity index (χ4v) is 4.55. The number of aromatic amines is 1. The van der Waals surface area contributed by atoms with Crippen LogP contribution in [0, 0.1) is 0 Å². The summed E-state index contributed by atoms with van der Waals surface area (Å²) in [7, 11) is 0. The lowest BCUT2D eigenvalue weighted by atomic mass is 9.89. The molecule has 1 N–H and O–H groups in total. The van der Waals surface area contributed by atoms with Crippen LogP contribution in [0.5, 0.6) is 0 Å². The molecule has 2 atom stereocenters. The molecular formula is C21H19N. The highest BCUT2D eigenvalue weighted by atomic mass is 14.8. The van der Waals surface area contributed by atoms with Crippen molar-refractivity contribution in [3.8, 4) is 22.5 Å². The van der Waals surface area contributed by atoms with Crippen molar-refractivity contribution in [2.24, 2.45) is 0 Å². The van der Waals surface area contributed by atoms with Gasteiger partial charge in [-0.1, -0.05) is 60.7 Å². The number of hydrogen-bond acceptors (Lipinski definition) is 0. The van der Waals surface area contributed by atoms with Gasteiger partial charge in [-0.3, -0.25) is 0 Å². The van der Waals surface area contributed by atoms with Gasteiger partial charge in [0, 0.05) is 11.4 Å². The topological polar surface area (TPSA) is 15.8 Å². The summed E-state index contributed by atoms with van der Waals surface area (Å²) in [6.45, 7) is 0. The first kappa shape index (κ1) is 12.3. The molecule has 5 rings (SSSR count). The molecule has 1 saturated carbocycles. The Morgan fingerprint density at radius 2 is 1.09 bits per heavy atom. The summed E-state index contributed by atoms with van der Waals surface area (Å²) in [4.78, 5) is 3.79. The van der Waals surface area contributed by atoms with E-state index in [1.165, 1.54) is 41.8 Å². The van der Waals surface area contributed by atoms with Crippen LogP contribution in [0.25, 0.3) is 22.5 Å². The molecule has 0 saturated heterocycles. The first-order chi connectivity index (χ1) is 10.9. The molecule has 0 unspecified atom stereocenters. The summed E-state index contributed by atoms with van der Waals surface area (Å²) in [6, 6.07) is 21.7. The first-order valence-electron chi connectivity index (χ1n) is 8.28. The first-order valence-corrected chi connectivity index (χ1v) is 8.28. The number of fused-ring (bicyclic) bond motifs is 5. The average Bonchev–Trinajstić information content (AvgIpc) is 3.29. The highest BCUT2D eigenvalue weighted by Crippen LogP contribution is 2.58. The van der Waals surface area contributed by atoms with E-state index in [2.05, 4.69) is 65.6 Å². The third kappa shape index (κ3) is 1.65. The molecule has 2 aliphatic rings. The number of H-pyrrole nitrogens is 1. The van der Waals surface area contributed by atoms with Gasteiger partial charge in [0.25, 0.3) is 0 Å². The minimum Gasteiger partial charge on any atom is -0.354 e. The lowest BCUT2D eigenvalue weighted by Crippen LogP contribution is -1.96. The van der Waals surface area contributed by atoms with E-state index >= 15 is 0 Å². The van der Waals surface area contributed by atoms with Crippen LogP contribution in [0.1, 0.15) is 42.2 Å². The van der Waals surface area contributed by atoms with Crippen LogP contribution in [0.2, 0.25) is 0 Å². The Balaban J connectivity index is 1.77. The van der Waals surface area contributed by atoms with E-state index < -0.39 is 0 Å². The minimum atomic E-state index is 0.768. The van der Waals surface area contributed by atoms with Crippen molar-refractivity contribution in [3.63, 3.8) is 0 Å². The largest absolute Gasteiger partial charge is 0.354 e. The van der Waals surface area contributed by atoms with Crippen LogP contribution in [-0.2, 0) is 0 Å². The number of benzene rings is 2. The SMILES string of the molecule is c1ccc(-c2[nH]c(-c3ccccc3)c3c2[C@@H]2CC[C@H]3C2)cc1. The van der Waals surface area contributed by atoms with Crippen molar-refractivity contribution >= 4 is 0 Å². The zero-order valence-electron chi connectivity index (χ0n) is 12.5. The van der Waals surface area contributed by atoms with Crippen LogP contribution in [0.4, 0.5) is 0 Å². The zero-order chi connectivity index (χ0) is 14.5. The Kier molecular flexibility index (Phi) is 2.57. The van der Waals surface area contributed by atoms with E-state index in [0.717, 1.165) is 11.8 Å². The molecular weight excluding hydrogens is 266 g/mol. The smallest absolute Gasteiger partial charge is 0.0497 e. The summed E-state index contributed by atoms with van der Waals surface area (Å²) < 4.78 is 0. The summed E-state index contributed by atoms with van der Waals surface area (Å²) >= 11 is 0. The van der Waals surface area contributed by atoms with Crippen molar-refractivity contribution in [2.45, 2.75) is 31.1 Å². The number of hydrogen-bond donors (Lipinski definition) is 1. The molecule has 22 heavy (non-hydrogen) atoms. The molecule has 0 amide bonds. The minimum absolute atomic E-state index is 0.768. The van der Waals surface area contributed by atoms with Gasteiger partial charge in [0.05, 0.1) is 0 Å². The van der Waals surface area contributed by atoms with Gasteiger partial charge in [0.1, 0.15) is 0 Å². The maximum absolute atomic E-state index is 3.79. The van der Waals surface area contributed by atoms with Crippen LogP contribution < -0.4 is 0 Å². The monoisotopic (exact) mass is 285 g/mol. The third-order valence-corrected chi connectivity index (χ3v) is 5.45. The fourth-order valence-electron chi connectivity index (χ4n) is 4.55. The third-order valence-electron chi connectivity index (χ3n) is 5.45. The van der Waals surface area contributed by atoms with Gasteiger partial charge in [0.2, 0.25) is 0 Å². The van der Waals surface area contributed by atoms with Gasteiger partial charge in [0.15, 0.2) is 0 Å². The van der Waals surface area contributed by atoms with Crippen LogP contribution in [0.3, 0.4) is 0 Å². The molecule has 108 valence electrons. The normalized spacial score (nSPS) is 22.0.